The van der Waals surface area contributed by atoms with Gasteiger partial charge in [0, 0.05) is 18.1 Å². The van der Waals surface area contributed by atoms with Crippen molar-refractivity contribution in [3.63, 3.8) is 0 Å². The number of imidazole rings is 1. The second-order valence-electron chi connectivity index (χ2n) is 2.81. The maximum Gasteiger partial charge on any atom is 0.0991 e. The fraction of sp³-hybridized carbons (Fsp3) is 0. The van der Waals surface area contributed by atoms with Crippen molar-refractivity contribution < 1.29 is 9.90 Å². The maximum atomic E-state index is 10.6. The molecule has 0 spiro atoms. The van der Waals surface area contributed by atoms with E-state index < -0.39 is 5.97 Å². The number of aromatic nitrogens is 2. The highest BCUT2D eigenvalue weighted by atomic mass is 16.4. The molecule has 0 unspecified atom stereocenters. The standard InChI is InChI=1S/C10H8N2O2/c13-10(14)8-2-1-3-9(6-8)12-5-4-11-7-12/h1-7H,(H,13,14)/p-1. The Bertz CT molecular complexity index is 449. The average molecular weight is 187 g/mol. The van der Waals surface area contributed by atoms with Gasteiger partial charge < -0.3 is 14.5 Å². The molecule has 0 N–H and O–H groups in total. The lowest BCUT2D eigenvalue weighted by atomic mass is 10.2. The Hall–Kier alpha value is -2.10. The van der Waals surface area contributed by atoms with Crippen LogP contribution in [0.4, 0.5) is 0 Å². The molecule has 1 aromatic carbocycles. The van der Waals surface area contributed by atoms with E-state index in [0.29, 0.717) is 0 Å². The van der Waals surface area contributed by atoms with E-state index in [1.54, 1.807) is 35.4 Å². The molecule has 0 fully saturated rings. The zero-order valence-electron chi connectivity index (χ0n) is 7.25. The largest absolute Gasteiger partial charge is 0.545 e. The van der Waals surface area contributed by atoms with Crippen molar-refractivity contribution in [2.45, 2.75) is 0 Å². The van der Waals surface area contributed by atoms with Gasteiger partial charge in [0.25, 0.3) is 0 Å². The number of carboxylic acids is 1. The molecule has 0 atom stereocenters. The minimum atomic E-state index is -1.17. The second-order valence-corrected chi connectivity index (χ2v) is 2.81. The fourth-order valence-corrected chi connectivity index (χ4v) is 1.21. The summed E-state index contributed by atoms with van der Waals surface area (Å²) in [7, 11) is 0. The van der Waals surface area contributed by atoms with Crippen molar-refractivity contribution in [3.05, 3.63) is 48.5 Å². The summed E-state index contributed by atoms with van der Waals surface area (Å²) in [6.07, 6.45) is 4.98. The van der Waals surface area contributed by atoms with Gasteiger partial charge in [0.1, 0.15) is 0 Å². The van der Waals surface area contributed by atoms with Crippen LogP contribution in [0.15, 0.2) is 43.0 Å². The molecule has 4 nitrogen and oxygen atoms in total. The zero-order valence-corrected chi connectivity index (χ0v) is 7.25. The minimum Gasteiger partial charge on any atom is -0.545 e. The summed E-state index contributed by atoms with van der Waals surface area (Å²) >= 11 is 0. The van der Waals surface area contributed by atoms with Crippen LogP contribution < -0.4 is 5.11 Å². The van der Waals surface area contributed by atoms with Gasteiger partial charge in [0.15, 0.2) is 0 Å². The van der Waals surface area contributed by atoms with E-state index in [9.17, 15) is 9.90 Å². The molecule has 1 aromatic heterocycles. The smallest absolute Gasteiger partial charge is 0.0991 e. The number of carboxylic acid groups (broad SMARTS) is 1. The second kappa shape index (κ2) is 3.33. The fourth-order valence-electron chi connectivity index (χ4n) is 1.21. The van der Waals surface area contributed by atoms with Crippen molar-refractivity contribution >= 4 is 5.97 Å². The van der Waals surface area contributed by atoms with Crippen molar-refractivity contribution in [3.8, 4) is 5.69 Å². The first kappa shape index (κ1) is 8.50. The van der Waals surface area contributed by atoms with Gasteiger partial charge in [-0.1, -0.05) is 12.1 Å². The Morgan fingerprint density at radius 2 is 2.29 bits per heavy atom. The molecule has 0 aliphatic heterocycles. The summed E-state index contributed by atoms with van der Waals surface area (Å²) in [6, 6.07) is 6.50. The summed E-state index contributed by atoms with van der Waals surface area (Å²) in [5.41, 5.74) is 0.917. The van der Waals surface area contributed by atoms with Crippen molar-refractivity contribution in [2.75, 3.05) is 0 Å². The molecule has 4 heteroatoms. The highest BCUT2D eigenvalue weighted by Crippen LogP contribution is 2.09. The van der Waals surface area contributed by atoms with E-state index in [-0.39, 0.29) is 5.56 Å². The first-order chi connectivity index (χ1) is 6.77. The highest BCUT2D eigenvalue weighted by molar-refractivity contribution is 5.86. The third kappa shape index (κ3) is 1.50. The Balaban J connectivity index is 2.46. The third-order valence-electron chi connectivity index (χ3n) is 1.88. The molecular formula is C10H7N2O2-. The molecule has 0 radical (unpaired) electrons. The monoisotopic (exact) mass is 187 g/mol. The molecule has 0 saturated carbocycles. The topological polar surface area (TPSA) is 57.9 Å². The molecule has 70 valence electrons. The normalized spacial score (nSPS) is 10.0. The van der Waals surface area contributed by atoms with Crippen LogP contribution in [-0.2, 0) is 0 Å². The molecule has 2 rings (SSSR count). The van der Waals surface area contributed by atoms with Gasteiger partial charge in [0.2, 0.25) is 0 Å². The number of carbonyl (C=O) groups is 1. The van der Waals surface area contributed by atoms with Gasteiger partial charge in [-0.15, -0.1) is 0 Å². The quantitative estimate of drug-likeness (QED) is 0.676. The predicted octanol–water partition coefficient (Wildman–Crippen LogP) is 0.236. The summed E-state index contributed by atoms with van der Waals surface area (Å²) in [5, 5.41) is 10.6. The lowest BCUT2D eigenvalue weighted by Gasteiger charge is -2.05. The van der Waals surface area contributed by atoms with Gasteiger partial charge in [-0.3, -0.25) is 0 Å². The summed E-state index contributed by atoms with van der Waals surface area (Å²) < 4.78 is 1.73. The SMILES string of the molecule is O=C([O-])c1cccc(-n2ccnc2)c1. The molecule has 0 aliphatic carbocycles. The first-order valence-corrected chi connectivity index (χ1v) is 4.07. The van der Waals surface area contributed by atoms with Crippen molar-refractivity contribution in [2.24, 2.45) is 0 Å². The molecule has 1 heterocycles. The van der Waals surface area contributed by atoms with Crippen LogP contribution in [-0.4, -0.2) is 15.5 Å². The van der Waals surface area contributed by atoms with Crippen LogP contribution in [0.3, 0.4) is 0 Å². The summed E-state index contributed by atoms with van der Waals surface area (Å²) in [5.74, 6) is -1.17. The number of benzene rings is 1. The van der Waals surface area contributed by atoms with E-state index in [2.05, 4.69) is 4.98 Å². The zero-order chi connectivity index (χ0) is 9.97. The van der Waals surface area contributed by atoms with Crippen LogP contribution in [0, 0.1) is 0 Å². The number of hydrogen-bond donors (Lipinski definition) is 0. The highest BCUT2D eigenvalue weighted by Gasteiger charge is 1.97. The minimum absolute atomic E-state index is 0.163. The summed E-state index contributed by atoms with van der Waals surface area (Å²) in [6.45, 7) is 0. The van der Waals surface area contributed by atoms with Gasteiger partial charge in [-0.2, -0.15) is 0 Å². The first-order valence-electron chi connectivity index (χ1n) is 4.07. The average Bonchev–Trinajstić information content (AvgIpc) is 2.71. The molecule has 14 heavy (non-hydrogen) atoms. The van der Waals surface area contributed by atoms with E-state index in [1.165, 1.54) is 12.1 Å². The number of carbonyl (C=O) groups excluding carboxylic acids is 1. The van der Waals surface area contributed by atoms with Crippen LogP contribution in [0.2, 0.25) is 0 Å². The van der Waals surface area contributed by atoms with Crippen LogP contribution in [0.5, 0.6) is 0 Å². The van der Waals surface area contributed by atoms with Crippen LogP contribution in [0.1, 0.15) is 10.4 Å². The Morgan fingerprint density at radius 3 is 2.93 bits per heavy atom. The maximum absolute atomic E-state index is 10.6. The van der Waals surface area contributed by atoms with Crippen LogP contribution in [0.25, 0.3) is 5.69 Å². The molecular weight excluding hydrogens is 180 g/mol. The van der Waals surface area contributed by atoms with Crippen molar-refractivity contribution in [1.29, 1.82) is 0 Å². The third-order valence-corrected chi connectivity index (χ3v) is 1.88. The predicted molar refractivity (Wildman–Crippen MR) is 47.9 cm³/mol. The Labute approximate surface area is 80.4 Å². The molecule has 0 saturated heterocycles. The van der Waals surface area contributed by atoms with Gasteiger partial charge in [-0.05, 0) is 17.7 Å². The van der Waals surface area contributed by atoms with E-state index in [4.69, 9.17) is 0 Å². The number of rotatable bonds is 2. The molecule has 0 aliphatic rings. The van der Waals surface area contributed by atoms with Crippen molar-refractivity contribution in [1.82, 2.24) is 9.55 Å². The van der Waals surface area contributed by atoms with Gasteiger partial charge >= 0.3 is 0 Å². The van der Waals surface area contributed by atoms with Gasteiger partial charge in [-0.25, -0.2) is 4.98 Å². The van der Waals surface area contributed by atoms with E-state index in [1.807, 2.05) is 0 Å². The van der Waals surface area contributed by atoms with E-state index >= 15 is 0 Å². The lowest BCUT2D eigenvalue weighted by molar-refractivity contribution is -0.255. The molecule has 0 bridgehead atoms. The van der Waals surface area contributed by atoms with Gasteiger partial charge in [0.05, 0.1) is 12.3 Å². The number of nitrogens with zero attached hydrogens (tertiary/aromatic N) is 2. The number of aromatic carboxylic acids is 1. The number of hydrogen-bond acceptors (Lipinski definition) is 3. The van der Waals surface area contributed by atoms with E-state index in [0.717, 1.165) is 5.69 Å². The van der Waals surface area contributed by atoms with Crippen LogP contribution >= 0.6 is 0 Å². The summed E-state index contributed by atoms with van der Waals surface area (Å²) in [4.78, 5) is 14.5. The molecule has 2 aromatic rings. The molecule has 0 amide bonds. The Kier molecular flexibility index (Phi) is 2.02. The lowest BCUT2D eigenvalue weighted by Crippen LogP contribution is -2.22. The Morgan fingerprint density at radius 1 is 1.43 bits per heavy atom.